The lowest BCUT2D eigenvalue weighted by Crippen LogP contribution is -2.22. The summed E-state index contributed by atoms with van der Waals surface area (Å²) in [6.45, 7) is 0. The van der Waals surface area contributed by atoms with Gasteiger partial charge in [-0.05, 0) is 24.4 Å². The predicted octanol–water partition coefficient (Wildman–Crippen LogP) is 0.199. The second-order valence-electron chi connectivity index (χ2n) is 1.97. The zero-order valence-corrected chi connectivity index (χ0v) is 8.62. The van der Waals surface area contributed by atoms with Crippen LogP contribution >= 0.6 is 12.2 Å². The van der Waals surface area contributed by atoms with Crippen LogP contribution in [-0.2, 0) is 10.2 Å². The molecule has 0 radical (unpaired) electrons. The van der Waals surface area contributed by atoms with Gasteiger partial charge in [0.1, 0.15) is 11.4 Å². The lowest BCUT2D eigenvalue weighted by Gasteiger charge is -1.99. The third-order valence-electron chi connectivity index (χ3n) is 0.912. The van der Waals surface area contributed by atoms with E-state index < -0.39 is 10.2 Å². The number of thiocarbonyl (C=S) groups is 1. The summed E-state index contributed by atoms with van der Waals surface area (Å²) in [7, 11) is -3.69. The van der Waals surface area contributed by atoms with Gasteiger partial charge in [0, 0.05) is 6.20 Å². The second kappa shape index (κ2) is 6.24. The summed E-state index contributed by atoms with van der Waals surface area (Å²) >= 11 is 3.82. The van der Waals surface area contributed by atoms with E-state index in [1.807, 2.05) is 4.72 Å². The molecule has 1 heterocycles. The highest BCUT2D eigenvalue weighted by Crippen LogP contribution is 1.99. The highest BCUT2D eigenvalue weighted by atomic mass is 32.2. The Bertz CT molecular complexity index is 365. The van der Waals surface area contributed by atoms with E-state index in [9.17, 15) is 8.42 Å². The maximum absolute atomic E-state index is 10.4. The summed E-state index contributed by atoms with van der Waals surface area (Å²) in [6, 6.07) is 4.83. The number of hydrogen-bond donors (Lipinski definition) is 3. The summed E-state index contributed by atoms with van der Waals surface area (Å²) in [5, 5.41) is 11.9. The minimum Gasteiger partial charge on any atom is -0.504 e. The van der Waals surface area contributed by atoms with Crippen molar-refractivity contribution in [3.8, 4) is 0 Å². The van der Waals surface area contributed by atoms with Crippen LogP contribution in [0.4, 0.5) is 5.82 Å². The number of rotatable bonds is 2. The molecule has 0 saturated heterocycles. The molecule has 1 aromatic heterocycles. The van der Waals surface area contributed by atoms with Crippen LogP contribution in [0.2, 0.25) is 0 Å². The Morgan fingerprint density at radius 3 is 2.50 bits per heavy atom. The molecule has 0 aliphatic carbocycles. The van der Waals surface area contributed by atoms with E-state index in [-0.39, 0.29) is 5.82 Å². The van der Waals surface area contributed by atoms with E-state index >= 15 is 0 Å². The van der Waals surface area contributed by atoms with Crippen molar-refractivity contribution in [3.05, 3.63) is 24.4 Å². The van der Waals surface area contributed by atoms with Crippen molar-refractivity contribution in [1.29, 1.82) is 0 Å². The Hall–Kier alpha value is -1.25. The maximum atomic E-state index is 10.4. The summed E-state index contributed by atoms with van der Waals surface area (Å²) in [6.07, 6.45) is 1.47. The smallest absolute Gasteiger partial charge is 0.297 e. The molecular weight excluding hydrogens is 226 g/mol. The van der Waals surface area contributed by atoms with Gasteiger partial charge < -0.3 is 5.11 Å². The summed E-state index contributed by atoms with van der Waals surface area (Å²) < 4.78 is 22.9. The Labute approximate surface area is 87.0 Å². The van der Waals surface area contributed by atoms with E-state index in [0.29, 0.717) is 5.55 Å². The molecule has 0 atom stereocenters. The fourth-order valence-corrected chi connectivity index (χ4v) is 0.981. The van der Waals surface area contributed by atoms with E-state index in [2.05, 4.69) is 22.3 Å². The number of nitrogens with one attached hydrogen (secondary N) is 1. The van der Waals surface area contributed by atoms with Crippen molar-refractivity contribution in [2.75, 3.05) is 4.72 Å². The number of nitrogens with two attached hydrogens (primary N) is 1. The highest BCUT2D eigenvalue weighted by molar-refractivity contribution is 7.90. The zero-order chi connectivity index (χ0) is 11.0. The third-order valence-corrected chi connectivity index (χ3v) is 1.41. The lowest BCUT2D eigenvalue weighted by atomic mass is 10.5. The van der Waals surface area contributed by atoms with Crippen LogP contribution in [0.3, 0.4) is 0 Å². The van der Waals surface area contributed by atoms with Crippen LogP contribution in [0.15, 0.2) is 24.4 Å². The van der Waals surface area contributed by atoms with Crippen LogP contribution in [0.25, 0.3) is 0 Å². The van der Waals surface area contributed by atoms with E-state index in [0.717, 1.165) is 0 Å². The third kappa shape index (κ3) is 7.40. The molecule has 1 aromatic rings. The van der Waals surface area contributed by atoms with Gasteiger partial charge >= 0.3 is 0 Å². The predicted molar refractivity (Wildman–Crippen MR) is 57.3 cm³/mol. The van der Waals surface area contributed by atoms with Crippen LogP contribution in [0, 0.1) is 0 Å². The van der Waals surface area contributed by atoms with Crippen molar-refractivity contribution < 1.29 is 13.5 Å². The van der Waals surface area contributed by atoms with Crippen molar-refractivity contribution in [2.45, 2.75) is 0 Å². The molecule has 0 amide bonds. The molecule has 0 unspecified atom stereocenters. The number of aromatic nitrogens is 1. The maximum Gasteiger partial charge on any atom is 0.297 e. The molecule has 14 heavy (non-hydrogen) atoms. The minimum atomic E-state index is -3.69. The Morgan fingerprint density at radius 2 is 2.14 bits per heavy atom. The molecule has 4 N–H and O–H groups in total. The van der Waals surface area contributed by atoms with Crippen LogP contribution in [0.1, 0.15) is 0 Å². The molecule has 1 rings (SSSR count). The number of hydrogen-bond acceptors (Lipinski definition) is 4. The highest BCUT2D eigenvalue weighted by Gasteiger charge is 2.00. The van der Waals surface area contributed by atoms with Crippen molar-refractivity contribution >= 4 is 33.8 Å². The van der Waals surface area contributed by atoms with Gasteiger partial charge in [-0.25, -0.2) is 10.1 Å². The molecule has 0 aromatic carbocycles. The topological polar surface area (TPSA) is 105 Å². The fourth-order valence-electron chi connectivity index (χ4n) is 0.569. The van der Waals surface area contributed by atoms with Crippen molar-refractivity contribution in [3.63, 3.8) is 0 Å². The van der Waals surface area contributed by atoms with Gasteiger partial charge in [-0.3, -0.25) is 4.72 Å². The number of aliphatic hydroxyl groups excluding tert-OH is 1. The standard InChI is InChI=1S/C5H7N3O2S.CH2OS/c6-11(9,10)8-5-3-1-2-4-7-5;2-1-3/h1-4H,(H,7,8)(H2,6,9,10);1H,(H,2,3). The van der Waals surface area contributed by atoms with E-state index in [1.165, 1.54) is 12.3 Å². The molecule has 0 fully saturated rings. The molecule has 0 saturated carbocycles. The van der Waals surface area contributed by atoms with Gasteiger partial charge in [-0.2, -0.15) is 8.42 Å². The summed E-state index contributed by atoms with van der Waals surface area (Å²) in [5.74, 6) is 0.218. The first-order valence-corrected chi connectivity index (χ1v) is 5.31. The first kappa shape index (κ1) is 12.8. The van der Waals surface area contributed by atoms with Gasteiger partial charge in [0.05, 0.1) is 0 Å². The van der Waals surface area contributed by atoms with Gasteiger partial charge in [0.25, 0.3) is 10.2 Å². The number of pyridine rings is 1. The quantitative estimate of drug-likeness (QED) is 0.635. The molecule has 0 aliphatic rings. The van der Waals surface area contributed by atoms with Gasteiger partial charge in [0.2, 0.25) is 0 Å². The number of nitrogens with zero attached hydrogens (tertiary/aromatic N) is 1. The Morgan fingerprint density at radius 1 is 1.57 bits per heavy atom. The second-order valence-corrected chi connectivity index (χ2v) is 3.47. The van der Waals surface area contributed by atoms with E-state index in [4.69, 9.17) is 5.11 Å². The molecule has 0 spiro atoms. The Kier molecular flexibility index (Phi) is 5.68. The molecular formula is C6H9N3O3S2. The average molecular weight is 235 g/mol. The van der Waals surface area contributed by atoms with Gasteiger partial charge in [0.15, 0.2) is 0 Å². The SMILES string of the molecule is NS(=O)(=O)Nc1ccccn1.OC=S. The van der Waals surface area contributed by atoms with Crippen LogP contribution in [0.5, 0.6) is 0 Å². The molecule has 8 heteroatoms. The number of aliphatic hydroxyl groups is 1. The van der Waals surface area contributed by atoms with Gasteiger partial charge in [-0.15, -0.1) is 0 Å². The summed E-state index contributed by atoms with van der Waals surface area (Å²) in [4.78, 5) is 3.69. The van der Waals surface area contributed by atoms with E-state index in [1.54, 1.807) is 12.1 Å². The van der Waals surface area contributed by atoms with Crippen LogP contribution < -0.4 is 9.86 Å². The van der Waals surface area contributed by atoms with Crippen LogP contribution in [-0.4, -0.2) is 24.1 Å². The fraction of sp³-hybridized carbons (Fsp3) is 0. The van der Waals surface area contributed by atoms with Crippen molar-refractivity contribution in [2.24, 2.45) is 5.14 Å². The molecule has 0 bridgehead atoms. The molecule has 6 nitrogen and oxygen atoms in total. The first-order valence-electron chi connectivity index (χ1n) is 3.29. The normalized spacial score (nSPS) is 9.50. The lowest BCUT2D eigenvalue weighted by molar-refractivity contribution is 0.593. The summed E-state index contributed by atoms with van der Waals surface area (Å²) in [5.41, 5.74) is 0.583. The number of anilines is 1. The zero-order valence-electron chi connectivity index (χ0n) is 6.99. The van der Waals surface area contributed by atoms with Crippen molar-refractivity contribution in [1.82, 2.24) is 4.98 Å². The largest absolute Gasteiger partial charge is 0.504 e. The molecule has 78 valence electrons. The minimum absolute atomic E-state index is 0.218. The molecule has 0 aliphatic heterocycles. The average Bonchev–Trinajstić information content (AvgIpc) is 2.04. The monoisotopic (exact) mass is 235 g/mol. The Balaban J connectivity index is 0.000000500. The van der Waals surface area contributed by atoms with Gasteiger partial charge in [-0.1, -0.05) is 6.07 Å². The first-order chi connectivity index (χ1) is 6.49.